The van der Waals surface area contributed by atoms with Crippen LogP contribution < -0.4 is 31.6 Å². The van der Waals surface area contributed by atoms with E-state index >= 15 is 0 Å². The van der Waals surface area contributed by atoms with Crippen molar-refractivity contribution in [3.8, 4) is 5.75 Å². The van der Waals surface area contributed by atoms with Crippen LogP contribution in [0.3, 0.4) is 0 Å². The van der Waals surface area contributed by atoms with Gasteiger partial charge in [-0.2, -0.15) is 4.57 Å². The van der Waals surface area contributed by atoms with E-state index in [1.165, 1.54) is 83.5 Å². The number of hydrogen-bond acceptors (Lipinski definition) is 3. The van der Waals surface area contributed by atoms with Gasteiger partial charge in [-0.1, -0.05) is 125 Å². The largest absolute Gasteiger partial charge is 1.00 e. The van der Waals surface area contributed by atoms with E-state index in [1.807, 2.05) is 48.0 Å². The molecule has 3 aromatic rings. The number of carbonyl (C=O) groups excluding carboxylic acids is 1. The molecular formula is C33H46BrClN2O2S. The average Bonchev–Trinajstić information content (AvgIpc) is 3.45. The number of nitrogens with one attached hydrogen (secondary N) is 1. The van der Waals surface area contributed by atoms with Crippen molar-refractivity contribution < 1.29 is 31.1 Å². The molecule has 1 N–H and O–H groups in total. The smallest absolute Gasteiger partial charge is 0.255 e. The first kappa shape index (κ1) is 34.3. The Labute approximate surface area is 261 Å². The van der Waals surface area contributed by atoms with Gasteiger partial charge in [0.1, 0.15) is 5.75 Å². The maximum absolute atomic E-state index is 12.7. The molecule has 2 aromatic carbocycles. The fourth-order valence-corrected chi connectivity index (χ4v) is 5.53. The molecule has 0 saturated heterocycles. The van der Waals surface area contributed by atoms with Gasteiger partial charge < -0.3 is 27.0 Å². The molecule has 1 heterocycles. The van der Waals surface area contributed by atoms with Crippen LogP contribution in [0.15, 0.2) is 59.6 Å². The predicted octanol–water partition coefficient (Wildman–Crippen LogP) is 6.85. The second kappa shape index (κ2) is 20.9. The molecule has 1 aromatic heterocycles. The quantitative estimate of drug-likeness (QED) is 0.107. The van der Waals surface area contributed by atoms with Crippen molar-refractivity contribution in [1.29, 1.82) is 0 Å². The number of aromatic nitrogens is 1. The number of thiazole rings is 1. The fourth-order valence-electron chi connectivity index (χ4n) is 4.70. The number of nitrogens with zero attached hydrogens (tertiary/aromatic N) is 1. The minimum Gasteiger partial charge on any atom is -1.00 e. The first-order valence-electron chi connectivity index (χ1n) is 14.9. The summed E-state index contributed by atoms with van der Waals surface area (Å²) < 4.78 is 8.01. The molecule has 0 aliphatic heterocycles. The Hall–Kier alpha value is -1.89. The highest BCUT2D eigenvalue weighted by Crippen LogP contribution is 2.28. The zero-order valence-electron chi connectivity index (χ0n) is 24.0. The number of benzene rings is 2. The van der Waals surface area contributed by atoms with Gasteiger partial charge in [0.2, 0.25) is 5.51 Å². The summed E-state index contributed by atoms with van der Waals surface area (Å²) >= 11 is 8.10. The summed E-state index contributed by atoms with van der Waals surface area (Å²) in [5.41, 5.74) is 4.49. The highest BCUT2D eigenvalue weighted by Gasteiger charge is 2.10. The Morgan fingerprint density at radius 3 is 2.00 bits per heavy atom. The predicted molar refractivity (Wildman–Crippen MR) is 165 cm³/mol. The Balaban J connectivity index is 0.00000560. The minimum atomic E-state index is -0.156. The first-order chi connectivity index (χ1) is 19.2. The van der Waals surface area contributed by atoms with E-state index in [1.54, 1.807) is 17.4 Å². The summed E-state index contributed by atoms with van der Waals surface area (Å²) in [4.78, 5) is 12.7. The molecule has 0 saturated carbocycles. The highest BCUT2D eigenvalue weighted by molar-refractivity contribution is 7.07. The number of anilines is 1. The maximum Gasteiger partial charge on any atom is 0.255 e. The highest BCUT2D eigenvalue weighted by atomic mass is 79.9. The van der Waals surface area contributed by atoms with Gasteiger partial charge in [-0.25, -0.2) is 0 Å². The van der Waals surface area contributed by atoms with E-state index in [9.17, 15) is 4.79 Å². The summed E-state index contributed by atoms with van der Waals surface area (Å²) in [5, 5.41) is 5.49. The molecule has 0 spiro atoms. The van der Waals surface area contributed by atoms with Gasteiger partial charge in [0.15, 0.2) is 12.7 Å². The lowest BCUT2D eigenvalue weighted by Crippen LogP contribution is -3.00. The fraction of sp³-hybridized carbons (Fsp3) is 0.515. The van der Waals surface area contributed by atoms with Crippen molar-refractivity contribution in [2.75, 3.05) is 11.9 Å². The van der Waals surface area contributed by atoms with Gasteiger partial charge in [-0.05, 0) is 36.8 Å². The summed E-state index contributed by atoms with van der Waals surface area (Å²) in [5.74, 6) is 0.511. The van der Waals surface area contributed by atoms with Gasteiger partial charge in [0.05, 0.1) is 17.0 Å². The molecule has 0 fully saturated rings. The molecule has 3 rings (SSSR count). The number of carbonyl (C=O) groups is 1. The van der Waals surface area contributed by atoms with E-state index in [0.717, 1.165) is 18.5 Å². The normalized spacial score (nSPS) is 10.8. The van der Waals surface area contributed by atoms with Crippen LogP contribution in [0.25, 0.3) is 0 Å². The summed E-state index contributed by atoms with van der Waals surface area (Å²) in [6.07, 6.45) is 20.8. The molecule has 0 unspecified atom stereocenters. The van der Waals surface area contributed by atoms with Crippen LogP contribution >= 0.6 is 22.9 Å². The molecule has 220 valence electrons. The number of rotatable bonds is 20. The van der Waals surface area contributed by atoms with Crippen LogP contribution in [0, 0.1) is 0 Å². The molecule has 0 radical (unpaired) electrons. The van der Waals surface area contributed by atoms with Crippen molar-refractivity contribution in [3.63, 3.8) is 0 Å². The second-order valence-electron chi connectivity index (χ2n) is 10.4. The monoisotopic (exact) mass is 648 g/mol. The summed E-state index contributed by atoms with van der Waals surface area (Å²) in [7, 11) is 0. The molecule has 0 aliphatic carbocycles. The Morgan fingerprint density at radius 1 is 0.850 bits per heavy atom. The van der Waals surface area contributed by atoms with Crippen molar-refractivity contribution in [2.45, 2.75) is 103 Å². The van der Waals surface area contributed by atoms with E-state index in [2.05, 4.69) is 22.3 Å². The van der Waals surface area contributed by atoms with E-state index in [-0.39, 0.29) is 22.9 Å². The standard InChI is InChI=1S/C33H45ClN2O2S.BrH/c1-2-3-4-5-6-7-8-9-10-11-12-13-14-15-23-38-32-21-20-30(25-31(32)34)35-33(37)29-18-16-28(17-19-29)26-36-22-24-39-27-36;/h16-22,24-25,27H,2-15,23,26H2,1H3;1H. The van der Waals surface area contributed by atoms with Crippen LogP contribution in [-0.4, -0.2) is 12.5 Å². The third kappa shape index (κ3) is 13.6. The van der Waals surface area contributed by atoms with Gasteiger partial charge in [-0.3, -0.25) is 4.79 Å². The third-order valence-corrected chi connectivity index (χ3v) is 8.02. The molecule has 0 aliphatic rings. The third-order valence-electron chi connectivity index (χ3n) is 7.05. The molecular weight excluding hydrogens is 604 g/mol. The van der Waals surface area contributed by atoms with Crippen molar-refractivity contribution >= 4 is 34.5 Å². The summed E-state index contributed by atoms with van der Waals surface area (Å²) in [6.45, 7) is 3.74. The average molecular weight is 650 g/mol. The molecule has 40 heavy (non-hydrogen) atoms. The Morgan fingerprint density at radius 2 is 1.45 bits per heavy atom. The molecule has 1 amide bonds. The van der Waals surface area contributed by atoms with Gasteiger partial charge in [0, 0.05) is 16.8 Å². The first-order valence-corrected chi connectivity index (χ1v) is 16.2. The number of unbranched alkanes of at least 4 members (excludes halogenated alkanes) is 13. The van der Waals surface area contributed by atoms with E-state index in [4.69, 9.17) is 16.3 Å². The number of halogens is 2. The van der Waals surface area contributed by atoms with Gasteiger partial charge >= 0.3 is 0 Å². The number of hydrogen-bond donors (Lipinski definition) is 1. The maximum atomic E-state index is 12.7. The lowest BCUT2D eigenvalue weighted by molar-refractivity contribution is -0.683. The van der Waals surface area contributed by atoms with E-state index in [0.29, 0.717) is 28.6 Å². The SMILES string of the molecule is CCCCCCCCCCCCCCCCOc1ccc(NC(=O)c2ccc(C[n+]3ccsc3)cc2)cc1Cl.[Br-]. The van der Waals surface area contributed by atoms with Gasteiger partial charge in [-0.15, -0.1) is 0 Å². The van der Waals surface area contributed by atoms with Crippen molar-refractivity contribution in [1.82, 2.24) is 0 Å². The van der Waals surface area contributed by atoms with Gasteiger partial charge in [0.25, 0.3) is 5.91 Å². The Kier molecular flexibility index (Phi) is 17.9. The van der Waals surface area contributed by atoms with Crippen LogP contribution in [0.5, 0.6) is 5.75 Å². The molecule has 0 atom stereocenters. The molecule has 4 nitrogen and oxygen atoms in total. The molecule has 0 bridgehead atoms. The Bertz CT molecular complexity index is 1080. The van der Waals surface area contributed by atoms with E-state index < -0.39 is 0 Å². The van der Waals surface area contributed by atoms with Crippen molar-refractivity contribution in [2.24, 2.45) is 0 Å². The number of ether oxygens (including phenoxy) is 1. The minimum absolute atomic E-state index is 0. The van der Waals surface area contributed by atoms with Crippen LogP contribution in [-0.2, 0) is 6.54 Å². The number of amides is 1. The van der Waals surface area contributed by atoms with Crippen LogP contribution in [0.2, 0.25) is 5.02 Å². The zero-order chi connectivity index (χ0) is 27.5. The van der Waals surface area contributed by atoms with Crippen LogP contribution in [0.1, 0.15) is 113 Å². The second-order valence-corrected chi connectivity index (χ2v) is 11.6. The molecule has 7 heteroatoms. The lowest BCUT2D eigenvalue weighted by Gasteiger charge is -2.11. The topological polar surface area (TPSA) is 42.2 Å². The van der Waals surface area contributed by atoms with Crippen LogP contribution in [0.4, 0.5) is 5.69 Å². The van der Waals surface area contributed by atoms with Crippen molar-refractivity contribution in [3.05, 3.63) is 75.7 Å². The summed E-state index contributed by atoms with van der Waals surface area (Å²) in [6, 6.07) is 13.1. The lowest BCUT2D eigenvalue weighted by atomic mass is 10.0. The zero-order valence-corrected chi connectivity index (χ0v) is 27.2.